The number of methoxy groups -OCH3 is 1. The number of aliphatic carboxylic acids is 1. The molecule has 1 amide bonds. The maximum atomic E-state index is 12.1. The van der Waals surface area contributed by atoms with Gasteiger partial charge in [-0.1, -0.05) is 20.8 Å². The first kappa shape index (κ1) is 16.5. The molecular formula is C14H18BrNO4. The molecule has 0 saturated heterocycles. The number of hydrogen-bond donors (Lipinski definition) is 2. The lowest BCUT2D eigenvalue weighted by atomic mass is 9.86. The Bertz CT molecular complexity index is 522. The molecule has 0 aromatic heterocycles. The van der Waals surface area contributed by atoms with E-state index in [1.807, 2.05) is 0 Å². The Balaban J connectivity index is 2.95. The highest BCUT2D eigenvalue weighted by atomic mass is 79.9. The molecule has 20 heavy (non-hydrogen) atoms. The highest BCUT2D eigenvalue weighted by Crippen LogP contribution is 2.26. The summed E-state index contributed by atoms with van der Waals surface area (Å²) in [7, 11) is 1.53. The number of carbonyl (C=O) groups excluding carboxylic acids is 1. The van der Waals surface area contributed by atoms with Crippen LogP contribution in [0.25, 0.3) is 0 Å². The van der Waals surface area contributed by atoms with E-state index in [2.05, 4.69) is 21.2 Å². The van der Waals surface area contributed by atoms with Gasteiger partial charge in [0.25, 0.3) is 5.91 Å². The zero-order valence-electron chi connectivity index (χ0n) is 11.9. The molecule has 1 aromatic carbocycles. The molecule has 0 bridgehead atoms. The van der Waals surface area contributed by atoms with Gasteiger partial charge in [0, 0.05) is 5.56 Å². The predicted octanol–water partition coefficient (Wildman–Crippen LogP) is 2.69. The van der Waals surface area contributed by atoms with E-state index in [0.29, 0.717) is 15.8 Å². The van der Waals surface area contributed by atoms with Crippen molar-refractivity contribution < 1.29 is 19.4 Å². The second kappa shape index (κ2) is 6.26. The van der Waals surface area contributed by atoms with Gasteiger partial charge >= 0.3 is 5.97 Å². The molecule has 1 aromatic rings. The third kappa shape index (κ3) is 3.96. The zero-order chi connectivity index (χ0) is 15.5. The van der Waals surface area contributed by atoms with E-state index >= 15 is 0 Å². The summed E-state index contributed by atoms with van der Waals surface area (Å²) in [5.41, 5.74) is -0.209. The van der Waals surface area contributed by atoms with E-state index in [4.69, 9.17) is 4.74 Å². The van der Waals surface area contributed by atoms with Crippen LogP contribution in [-0.2, 0) is 4.79 Å². The van der Waals surface area contributed by atoms with Crippen molar-refractivity contribution in [2.45, 2.75) is 26.8 Å². The largest absolute Gasteiger partial charge is 0.496 e. The summed E-state index contributed by atoms with van der Waals surface area (Å²) in [5, 5.41) is 11.7. The van der Waals surface area contributed by atoms with Gasteiger partial charge in [0.15, 0.2) is 0 Å². The Kier molecular flexibility index (Phi) is 5.16. The summed E-state index contributed by atoms with van der Waals surface area (Å²) in [5.74, 6) is -0.888. The molecule has 0 unspecified atom stereocenters. The standard InChI is InChI=1S/C14H18BrNO4/c1-14(2,3)11(13(18)19)16-12(17)8-5-6-10(20-4)9(15)7-8/h5-7,11H,1-4H3,(H,16,17)(H,18,19)/t11-/m1/s1. The van der Waals surface area contributed by atoms with Crippen LogP contribution in [0.3, 0.4) is 0 Å². The van der Waals surface area contributed by atoms with Crippen LogP contribution in [-0.4, -0.2) is 30.1 Å². The van der Waals surface area contributed by atoms with Crippen molar-refractivity contribution in [3.63, 3.8) is 0 Å². The molecule has 5 nitrogen and oxygen atoms in total. The molecule has 0 fully saturated rings. The maximum absolute atomic E-state index is 12.1. The molecule has 0 saturated carbocycles. The minimum absolute atomic E-state index is 0.369. The molecule has 2 N–H and O–H groups in total. The fourth-order valence-corrected chi connectivity index (χ4v) is 2.21. The first-order valence-corrected chi connectivity index (χ1v) is 6.83. The van der Waals surface area contributed by atoms with E-state index in [1.54, 1.807) is 39.0 Å². The van der Waals surface area contributed by atoms with Gasteiger partial charge in [-0.3, -0.25) is 4.79 Å². The Morgan fingerprint density at radius 1 is 1.35 bits per heavy atom. The molecule has 1 rings (SSSR count). The van der Waals surface area contributed by atoms with Crippen molar-refractivity contribution >= 4 is 27.8 Å². The van der Waals surface area contributed by atoms with Crippen LogP contribution in [0.4, 0.5) is 0 Å². The number of ether oxygens (including phenoxy) is 1. The van der Waals surface area contributed by atoms with Crippen LogP contribution < -0.4 is 10.1 Å². The number of carboxylic acid groups (broad SMARTS) is 1. The molecule has 1 atom stereocenters. The first-order chi connectivity index (χ1) is 9.16. The third-order valence-corrected chi connectivity index (χ3v) is 3.42. The Hall–Kier alpha value is -1.56. The molecule has 0 radical (unpaired) electrons. The summed E-state index contributed by atoms with van der Waals surface area (Å²) in [4.78, 5) is 23.4. The third-order valence-electron chi connectivity index (χ3n) is 2.80. The minimum Gasteiger partial charge on any atom is -0.496 e. The summed E-state index contributed by atoms with van der Waals surface area (Å²) in [6.07, 6.45) is 0. The van der Waals surface area contributed by atoms with Gasteiger partial charge in [0.05, 0.1) is 11.6 Å². The highest BCUT2D eigenvalue weighted by Gasteiger charge is 2.32. The number of rotatable bonds is 4. The van der Waals surface area contributed by atoms with E-state index in [1.165, 1.54) is 7.11 Å². The summed E-state index contributed by atoms with van der Waals surface area (Å²) >= 11 is 3.29. The van der Waals surface area contributed by atoms with Crippen molar-refractivity contribution in [1.82, 2.24) is 5.32 Å². The van der Waals surface area contributed by atoms with Crippen LogP contribution in [0.2, 0.25) is 0 Å². The second-order valence-corrected chi connectivity index (χ2v) is 6.31. The van der Waals surface area contributed by atoms with Crippen molar-refractivity contribution in [3.8, 4) is 5.75 Å². The van der Waals surface area contributed by atoms with E-state index in [-0.39, 0.29) is 0 Å². The minimum atomic E-state index is -1.06. The molecule has 6 heteroatoms. The quantitative estimate of drug-likeness (QED) is 0.881. The number of carboxylic acids is 1. The summed E-state index contributed by atoms with van der Waals surface area (Å²) in [6, 6.07) is 3.86. The van der Waals surface area contributed by atoms with Gasteiger partial charge in [-0.2, -0.15) is 0 Å². The Labute approximate surface area is 126 Å². The van der Waals surface area contributed by atoms with Crippen LogP contribution in [0, 0.1) is 5.41 Å². The monoisotopic (exact) mass is 343 g/mol. The number of benzene rings is 1. The first-order valence-electron chi connectivity index (χ1n) is 6.04. The molecule has 0 aliphatic rings. The lowest BCUT2D eigenvalue weighted by Gasteiger charge is -2.27. The van der Waals surface area contributed by atoms with Gasteiger partial charge in [0.2, 0.25) is 0 Å². The Morgan fingerprint density at radius 2 is 1.95 bits per heavy atom. The molecule has 0 aliphatic heterocycles. The second-order valence-electron chi connectivity index (χ2n) is 5.46. The molecule has 0 spiro atoms. The van der Waals surface area contributed by atoms with Crippen LogP contribution in [0.5, 0.6) is 5.75 Å². The topological polar surface area (TPSA) is 75.6 Å². The fraction of sp³-hybridized carbons (Fsp3) is 0.429. The molecule has 0 heterocycles. The van der Waals surface area contributed by atoms with E-state index in [0.717, 1.165) is 0 Å². The molecule has 110 valence electrons. The van der Waals surface area contributed by atoms with Gasteiger partial charge in [-0.05, 0) is 39.5 Å². The van der Waals surface area contributed by atoms with Crippen molar-refractivity contribution in [3.05, 3.63) is 28.2 Å². The number of halogens is 1. The predicted molar refractivity (Wildman–Crippen MR) is 79.0 cm³/mol. The normalized spacial score (nSPS) is 12.7. The average molecular weight is 344 g/mol. The van der Waals surface area contributed by atoms with E-state index in [9.17, 15) is 14.7 Å². The van der Waals surface area contributed by atoms with Crippen LogP contribution >= 0.6 is 15.9 Å². The van der Waals surface area contributed by atoms with Crippen LogP contribution in [0.15, 0.2) is 22.7 Å². The van der Waals surface area contributed by atoms with Crippen molar-refractivity contribution in [2.75, 3.05) is 7.11 Å². The zero-order valence-corrected chi connectivity index (χ0v) is 13.4. The van der Waals surface area contributed by atoms with Gasteiger partial charge in [0.1, 0.15) is 11.8 Å². The molecule has 0 aliphatic carbocycles. The SMILES string of the molecule is COc1ccc(C(=O)N[C@H](C(=O)O)C(C)(C)C)cc1Br. The maximum Gasteiger partial charge on any atom is 0.326 e. The number of carbonyl (C=O) groups is 2. The van der Waals surface area contributed by atoms with Gasteiger partial charge in [-0.15, -0.1) is 0 Å². The van der Waals surface area contributed by atoms with Gasteiger partial charge < -0.3 is 15.2 Å². The van der Waals surface area contributed by atoms with Crippen molar-refractivity contribution in [1.29, 1.82) is 0 Å². The highest BCUT2D eigenvalue weighted by molar-refractivity contribution is 9.10. The summed E-state index contributed by atoms with van der Waals surface area (Å²) in [6.45, 7) is 5.28. The molecular weight excluding hydrogens is 326 g/mol. The average Bonchev–Trinajstić information content (AvgIpc) is 2.33. The lowest BCUT2D eigenvalue weighted by molar-refractivity contribution is -0.142. The number of amides is 1. The lowest BCUT2D eigenvalue weighted by Crippen LogP contribution is -2.49. The number of hydrogen-bond acceptors (Lipinski definition) is 3. The smallest absolute Gasteiger partial charge is 0.326 e. The van der Waals surface area contributed by atoms with E-state index < -0.39 is 23.3 Å². The van der Waals surface area contributed by atoms with Crippen molar-refractivity contribution in [2.24, 2.45) is 5.41 Å². The fourth-order valence-electron chi connectivity index (χ4n) is 1.67. The van der Waals surface area contributed by atoms with Gasteiger partial charge in [-0.25, -0.2) is 4.79 Å². The Morgan fingerprint density at radius 3 is 2.35 bits per heavy atom. The summed E-state index contributed by atoms with van der Waals surface area (Å²) < 4.78 is 5.72. The number of nitrogens with one attached hydrogen (secondary N) is 1. The van der Waals surface area contributed by atoms with Crippen LogP contribution in [0.1, 0.15) is 31.1 Å².